The number of nitrogens with one attached hydrogen (secondary N) is 1. The first-order valence-corrected chi connectivity index (χ1v) is 11.7. The first-order chi connectivity index (χ1) is 15.7. The van der Waals surface area contributed by atoms with Crippen molar-refractivity contribution in [3.63, 3.8) is 0 Å². The lowest BCUT2D eigenvalue weighted by Gasteiger charge is -2.30. The van der Waals surface area contributed by atoms with Crippen molar-refractivity contribution in [3.05, 3.63) is 59.1 Å². The van der Waals surface area contributed by atoms with Crippen LogP contribution in [-0.2, 0) is 5.41 Å². The van der Waals surface area contributed by atoms with Crippen molar-refractivity contribution >= 4 is 5.91 Å². The fourth-order valence-corrected chi connectivity index (χ4v) is 4.33. The van der Waals surface area contributed by atoms with Gasteiger partial charge in [0.1, 0.15) is 5.82 Å². The molecule has 1 N–H and O–H groups in total. The van der Waals surface area contributed by atoms with Gasteiger partial charge >= 0.3 is 0 Å². The minimum Gasteiger partial charge on any atom is -0.356 e. The molecule has 33 heavy (non-hydrogen) atoms. The molecule has 0 radical (unpaired) electrons. The van der Waals surface area contributed by atoms with E-state index in [1.807, 2.05) is 38.2 Å². The average molecular weight is 448 g/mol. The Morgan fingerprint density at radius 2 is 1.82 bits per heavy atom. The van der Waals surface area contributed by atoms with Crippen LogP contribution in [-0.4, -0.2) is 32.6 Å². The topological polar surface area (TPSA) is 93.8 Å². The molecule has 174 valence electrons. The predicted octanol–water partition coefficient (Wildman–Crippen LogP) is 5.14. The Morgan fingerprint density at radius 1 is 1.06 bits per heavy atom. The van der Waals surface area contributed by atoms with Crippen molar-refractivity contribution in [2.45, 2.75) is 71.6 Å². The lowest BCUT2D eigenvalue weighted by Crippen LogP contribution is -2.31. The number of carbonyl (C=O) groups is 1. The van der Waals surface area contributed by atoms with Crippen LogP contribution in [0, 0.1) is 19.8 Å². The van der Waals surface area contributed by atoms with E-state index in [0.29, 0.717) is 23.9 Å². The van der Waals surface area contributed by atoms with Crippen molar-refractivity contribution < 1.29 is 9.32 Å². The summed E-state index contributed by atoms with van der Waals surface area (Å²) in [6.45, 7) is 10.9. The van der Waals surface area contributed by atoms with E-state index in [2.05, 4.69) is 41.2 Å². The Morgan fingerprint density at radius 3 is 2.42 bits per heavy atom. The molecule has 1 saturated carbocycles. The molecule has 0 bridgehead atoms. The largest absolute Gasteiger partial charge is 0.356 e. The molecule has 3 aromatic rings. The van der Waals surface area contributed by atoms with Gasteiger partial charge in [-0.15, -0.1) is 0 Å². The minimum absolute atomic E-state index is 0.0572. The molecule has 1 aliphatic rings. The zero-order valence-corrected chi connectivity index (χ0v) is 20.2. The quantitative estimate of drug-likeness (QED) is 0.582. The van der Waals surface area contributed by atoms with E-state index in [0.717, 1.165) is 59.9 Å². The first kappa shape index (κ1) is 23.1. The maximum Gasteiger partial charge on any atom is 0.252 e. The van der Waals surface area contributed by atoms with E-state index in [-0.39, 0.29) is 11.3 Å². The Labute approximate surface area is 195 Å². The molecule has 1 amide bonds. The summed E-state index contributed by atoms with van der Waals surface area (Å²) in [5.74, 6) is 2.31. The molecule has 1 fully saturated rings. The number of rotatable bonds is 5. The molecule has 0 spiro atoms. The minimum atomic E-state index is -0.128. The molecule has 0 atom stereocenters. The van der Waals surface area contributed by atoms with Crippen LogP contribution in [0.2, 0.25) is 0 Å². The standard InChI is InChI=1S/C26H33N5O2/c1-16-6-9-20(14-27-16)24(32)28-13-18-7-10-19(11-8-18)23-21(22-12-17(2)31-33-22)15-29-25(30-23)26(3,4)5/h6,9,12,14-15,18-19H,7-8,10-11,13H2,1-5H3,(H,28,32). The van der Waals surface area contributed by atoms with Crippen molar-refractivity contribution in [2.24, 2.45) is 5.92 Å². The second kappa shape index (κ2) is 9.41. The van der Waals surface area contributed by atoms with Crippen LogP contribution in [0.25, 0.3) is 11.3 Å². The van der Waals surface area contributed by atoms with Crippen LogP contribution in [0.1, 0.15) is 85.6 Å². The Hall–Kier alpha value is -3.09. The summed E-state index contributed by atoms with van der Waals surface area (Å²) in [4.78, 5) is 26.3. The van der Waals surface area contributed by atoms with Gasteiger partial charge in [-0.1, -0.05) is 25.9 Å². The molecule has 0 aromatic carbocycles. The van der Waals surface area contributed by atoms with Gasteiger partial charge in [0, 0.05) is 42.0 Å². The average Bonchev–Trinajstić information content (AvgIpc) is 3.23. The maximum absolute atomic E-state index is 12.4. The zero-order valence-electron chi connectivity index (χ0n) is 20.2. The normalized spacial score (nSPS) is 18.8. The number of hydrogen-bond acceptors (Lipinski definition) is 6. The monoisotopic (exact) mass is 447 g/mol. The van der Waals surface area contributed by atoms with Crippen LogP contribution in [0.5, 0.6) is 0 Å². The van der Waals surface area contributed by atoms with Gasteiger partial charge < -0.3 is 9.84 Å². The number of aryl methyl sites for hydroxylation is 2. The van der Waals surface area contributed by atoms with Gasteiger partial charge in [-0.3, -0.25) is 9.78 Å². The molecule has 0 saturated heterocycles. The van der Waals surface area contributed by atoms with Crippen molar-refractivity contribution in [2.75, 3.05) is 6.54 Å². The summed E-state index contributed by atoms with van der Waals surface area (Å²) in [6, 6.07) is 5.63. The third-order valence-corrected chi connectivity index (χ3v) is 6.34. The van der Waals surface area contributed by atoms with Crippen LogP contribution in [0.3, 0.4) is 0 Å². The lowest BCUT2D eigenvalue weighted by atomic mass is 9.79. The van der Waals surface area contributed by atoms with Crippen molar-refractivity contribution in [1.82, 2.24) is 25.4 Å². The highest BCUT2D eigenvalue weighted by Crippen LogP contribution is 2.39. The third kappa shape index (κ3) is 5.46. The summed E-state index contributed by atoms with van der Waals surface area (Å²) in [6.07, 6.45) is 7.66. The maximum atomic E-state index is 12.4. The third-order valence-electron chi connectivity index (χ3n) is 6.34. The van der Waals surface area contributed by atoms with Gasteiger partial charge in [0.25, 0.3) is 5.91 Å². The highest BCUT2D eigenvalue weighted by molar-refractivity contribution is 5.93. The summed E-state index contributed by atoms with van der Waals surface area (Å²) < 4.78 is 5.56. The number of amides is 1. The zero-order chi connectivity index (χ0) is 23.6. The molecule has 3 heterocycles. The van der Waals surface area contributed by atoms with E-state index >= 15 is 0 Å². The van der Waals surface area contributed by atoms with E-state index in [9.17, 15) is 4.79 Å². The summed E-state index contributed by atoms with van der Waals surface area (Å²) in [5.41, 5.74) is 4.23. The van der Waals surface area contributed by atoms with Crippen LogP contribution >= 0.6 is 0 Å². The van der Waals surface area contributed by atoms with Gasteiger partial charge in [-0.05, 0) is 57.6 Å². The fraction of sp³-hybridized carbons (Fsp3) is 0.500. The molecule has 7 nitrogen and oxygen atoms in total. The van der Waals surface area contributed by atoms with E-state index in [1.165, 1.54) is 0 Å². The molecule has 7 heteroatoms. The highest BCUT2D eigenvalue weighted by atomic mass is 16.5. The van der Waals surface area contributed by atoms with E-state index in [4.69, 9.17) is 9.51 Å². The molecule has 0 aliphatic heterocycles. The summed E-state index contributed by atoms with van der Waals surface area (Å²) in [7, 11) is 0. The second-order valence-electron chi connectivity index (χ2n) is 10.2. The molecular weight excluding hydrogens is 414 g/mol. The Balaban J connectivity index is 1.44. The fourth-order valence-electron chi connectivity index (χ4n) is 4.33. The Kier molecular flexibility index (Phi) is 6.58. The van der Waals surface area contributed by atoms with Gasteiger partial charge in [-0.25, -0.2) is 9.97 Å². The van der Waals surface area contributed by atoms with E-state index < -0.39 is 0 Å². The van der Waals surface area contributed by atoms with Crippen molar-refractivity contribution in [1.29, 1.82) is 0 Å². The molecule has 0 unspecified atom stereocenters. The second-order valence-corrected chi connectivity index (χ2v) is 10.2. The highest BCUT2D eigenvalue weighted by Gasteiger charge is 2.29. The number of hydrogen-bond donors (Lipinski definition) is 1. The number of pyridine rings is 1. The first-order valence-electron chi connectivity index (χ1n) is 11.7. The Bertz CT molecular complexity index is 1110. The van der Waals surface area contributed by atoms with Crippen LogP contribution in [0.15, 0.2) is 35.1 Å². The molecule has 3 aromatic heterocycles. The number of carbonyl (C=O) groups excluding carboxylic acids is 1. The van der Waals surface area contributed by atoms with Crippen LogP contribution < -0.4 is 5.32 Å². The molecular formula is C26H33N5O2. The van der Waals surface area contributed by atoms with Gasteiger partial charge in [0.05, 0.1) is 22.5 Å². The van der Waals surface area contributed by atoms with Gasteiger partial charge in [0.2, 0.25) is 0 Å². The van der Waals surface area contributed by atoms with Gasteiger partial charge in [-0.2, -0.15) is 0 Å². The molecule has 1 aliphatic carbocycles. The van der Waals surface area contributed by atoms with Crippen molar-refractivity contribution in [3.8, 4) is 11.3 Å². The number of nitrogens with zero attached hydrogens (tertiary/aromatic N) is 4. The summed E-state index contributed by atoms with van der Waals surface area (Å²) >= 11 is 0. The summed E-state index contributed by atoms with van der Waals surface area (Å²) in [5, 5.41) is 7.14. The molecule has 4 rings (SSSR count). The number of aromatic nitrogens is 4. The SMILES string of the molecule is Cc1ccc(C(=O)NCC2CCC(c3nc(C(C)(C)C)ncc3-c3cc(C)no3)CC2)cn1. The van der Waals surface area contributed by atoms with Gasteiger partial charge in [0.15, 0.2) is 5.76 Å². The smallest absolute Gasteiger partial charge is 0.252 e. The van der Waals surface area contributed by atoms with E-state index in [1.54, 1.807) is 6.20 Å². The predicted molar refractivity (Wildman–Crippen MR) is 127 cm³/mol. The lowest BCUT2D eigenvalue weighted by molar-refractivity contribution is 0.0942. The van der Waals surface area contributed by atoms with Crippen LogP contribution in [0.4, 0.5) is 0 Å².